The fourth-order valence-corrected chi connectivity index (χ4v) is 4.61. The van der Waals surface area contributed by atoms with Crippen LogP contribution in [-0.2, 0) is 6.54 Å². The average molecular weight is 436 g/mol. The number of fused-ring (bicyclic) bond motifs is 1. The molecule has 2 aromatic heterocycles. The van der Waals surface area contributed by atoms with Crippen LogP contribution in [0.25, 0.3) is 33.3 Å². The van der Waals surface area contributed by atoms with Gasteiger partial charge in [-0.05, 0) is 61.3 Å². The second-order valence-electron chi connectivity index (χ2n) is 8.45. The first kappa shape index (κ1) is 20.9. The zero-order valence-corrected chi connectivity index (χ0v) is 18.5. The summed E-state index contributed by atoms with van der Waals surface area (Å²) in [5, 5.41) is 16.5. The van der Waals surface area contributed by atoms with E-state index < -0.39 is 0 Å². The summed E-state index contributed by atoms with van der Waals surface area (Å²) in [7, 11) is 1.63. The van der Waals surface area contributed by atoms with Crippen LogP contribution < -0.4 is 10.6 Å². The zero-order chi connectivity index (χ0) is 22.8. The molecule has 4 aromatic rings. The van der Waals surface area contributed by atoms with Crippen LogP contribution in [0.4, 0.5) is 0 Å². The van der Waals surface area contributed by atoms with Crippen LogP contribution >= 0.6 is 0 Å². The Labute approximate surface area is 192 Å². The Hall–Kier alpha value is -3.95. The lowest BCUT2D eigenvalue weighted by Crippen LogP contribution is -2.17. The van der Waals surface area contributed by atoms with E-state index in [2.05, 4.69) is 33.5 Å². The SMILES string of the molecule is CNC(=O)c1ccc(-c2ncc3c(ccn3CC3CCNC3)c2-c2ccc(C#N)cc2)cc1. The summed E-state index contributed by atoms with van der Waals surface area (Å²) in [6.07, 6.45) is 5.29. The number of aromatic nitrogens is 2. The quantitative estimate of drug-likeness (QED) is 0.492. The first-order valence-corrected chi connectivity index (χ1v) is 11.2. The van der Waals surface area contributed by atoms with Crippen LogP contribution in [-0.4, -0.2) is 35.6 Å². The maximum atomic E-state index is 12.0. The molecule has 3 heterocycles. The Bertz CT molecular complexity index is 1340. The number of nitriles is 1. The maximum Gasteiger partial charge on any atom is 0.251 e. The molecule has 1 saturated heterocycles. The molecule has 0 saturated carbocycles. The molecule has 2 N–H and O–H groups in total. The molecule has 6 heteroatoms. The van der Waals surface area contributed by atoms with Gasteiger partial charge in [-0.25, -0.2) is 0 Å². The van der Waals surface area contributed by atoms with E-state index in [1.54, 1.807) is 7.05 Å². The topological polar surface area (TPSA) is 82.7 Å². The first-order valence-electron chi connectivity index (χ1n) is 11.2. The standard InChI is InChI=1S/C27H25N5O/c1-29-27(33)22-8-6-21(7-9-22)26-25(20-4-2-18(14-28)3-5-20)23-11-13-32(24(23)16-31-26)17-19-10-12-30-15-19/h2-9,11,13,16,19,30H,10,12,15,17H2,1H3,(H,29,33). The summed E-state index contributed by atoms with van der Waals surface area (Å²) in [5.41, 5.74) is 6.19. The molecule has 164 valence electrons. The number of amides is 1. The summed E-state index contributed by atoms with van der Waals surface area (Å²) >= 11 is 0. The van der Waals surface area contributed by atoms with Crippen LogP contribution in [0, 0.1) is 17.2 Å². The van der Waals surface area contributed by atoms with Crippen molar-refractivity contribution in [2.45, 2.75) is 13.0 Å². The fourth-order valence-electron chi connectivity index (χ4n) is 4.61. The summed E-state index contributed by atoms with van der Waals surface area (Å²) in [6.45, 7) is 3.09. The number of carbonyl (C=O) groups excluding carboxylic acids is 1. The molecule has 0 bridgehead atoms. The van der Waals surface area contributed by atoms with Crippen molar-refractivity contribution in [3.05, 3.63) is 78.1 Å². The van der Waals surface area contributed by atoms with Gasteiger partial charge in [0.05, 0.1) is 29.0 Å². The van der Waals surface area contributed by atoms with E-state index in [9.17, 15) is 10.1 Å². The lowest BCUT2D eigenvalue weighted by atomic mass is 9.95. The summed E-state index contributed by atoms with van der Waals surface area (Å²) in [5.74, 6) is 0.506. The predicted molar refractivity (Wildman–Crippen MR) is 130 cm³/mol. The number of pyridine rings is 1. The zero-order valence-electron chi connectivity index (χ0n) is 18.5. The van der Waals surface area contributed by atoms with E-state index in [1.807, 2.05) is 54.7 Å². The molecule has 1 atom stereocenters. The lowest BCUT2D eigenvalue weighted by molar-refractivity contribution is 0.0963. The number of nitrogens with zero attached hydrogens (tertiary/aromatic N) is 3. The van der Waals surface area contributed by atoms with Gasteiger partial charge in [0, 0.05) is 41.9 Å². The van der Waals surface area contributed by atoms with E-state index in [-0.39, 0.29) is 5.91 Å². The van der Waals surface area contributed by atoms with Gasteiger partial charge in [0.2, 0.25) is 0 Å². The highest BCUT2D eigenvalue weighted by molar-refractivity contribution is 6.02. The molecule has 1 amide bonds. The van der Waals surface area contributed by atoms with Gasteiger partial charge in [0.25, 0.3) is 5.91 Å². The van der Waals surface area contributed by atoms with Crippen LogP contribution in [0.3, 0.4) is 0 Å². The smallest absolute Gasteiger partial charge is 0.251 e. The van der Waals surface area contributed by atoms with Crippen molar-refractivity contribution >= 4 is 16.8 Å². The molecule has 5 rings (SSSR count). The normalized spacial score (nSPS) is 15.5. The molecule has 1 aliphatic heterocycles. The summed E-state index contributed by atoms with van der Waals surface area (Å²) in [6, 6.07) is 19.5. The molecule has 0 spiro atoms. The van der Waals surface area contributed by atoms with Gasteiger partial charge in [-0.3, -0.25) is 9.78 Å². The van der Waals surface area contributed by atoms with Gasteiger partial charge in [-0.1, -0.05) is 24.3 Å². The van der Waals surface area contributed by atoms with Crippen molar-refractivity contribution in [1.29, 1.82) is 5.26 Å². The van der Waals surface area contributed by atoms with E-state index in [0.29, 0.717) is 17.0 Å². The Morgan fingerprint density at radius 3 is 2.58 bits per heavy atom. The Balaban J connectivity index is 1.64. The minimum atomic E-state index is -0.115. The van der Waals surface area contributed by atoms with E-state index in [1.165, 1.54) is 6.42 Å². The van der Waals surface area contributed by atoms with Crippen LogP contribution in [0.1, 0.15) is 22.3 Å². The van der Waals surface area contributed by atoms with Gasteiger partial charge < -0.3 is 15.2 Å². The third-order valence-corrected chi connectivity index (χ3v) is 6.40. The average Bonchev–Trinajstić information content (AvgIpc) is 3.53. The number of carbonyl (C=O) groups is 1. The Kier molecular flexibility index (Phi) is 5.64. The van der Waals surface area contributed by atoms with E-state index in [4.69, 9.17) is 4.98 Å². The number of nitrogens with one attached hydrogen (secondary N) is 2. The Morgan fingerprint density at radius 2 is 1.91 bits per heavy atom. The minimum absolute atomic E-state index is 0.115. The predicted octanol–water partition coefficient (Wildman–Crippen LogP) is 4.21. The molecule has 1 unspecified atom stereocenters. The summed E-state index contributed by atoms with van der Waals surface area (Å²) < 4.78 is 2.30. The van der Waals surface area contributed by atoms with Gasteiger partial charge in [0.15, 0.2) is 0 Å². The highest BCUT2D eigenvalue weighted by atomic mass is 16.1. The Morgan fingerprint density at radius 1 is 1.15 bits per heavy atom. The summed E-state index contributed by atoms with van der Waals surface area (Å²) in [4.78, 5) is 16.9. The number of hydrogen-bond donors (Lipinski definition) is 2. The highest BCUT2D eigenvalue weighted by Gasteiger charge is 2.19. The molecule has 33 heavy (non-hydrogen) atoms. The number of rotatable bonds is 5. The largest absolute Gasteiger partial charge is 0.355 e. The van der Waals surface area contributed by atoms with Crippen molar-refractivity contribution in [3.63, 3.8) is 0 Å². The third-order valence-electron chi connectivity index (χ3n) is 6.40. The molecular formula is C27H25N5O. The monoisotopic (exact) mass is 435 g/mol. The molecular weight excluding hydrogens is 410 g/mol. The van der Waals surface area contributed by atoms with Crippen molar-refractivity contribution in [3.8, 4) is 28.5 Å². The van der Waals surface area contributed by atoms with E-state index in [0.717, 1.165) is 52.9 Å². The number of hydrogen-bond acceptors (Lipinski definition) is 4. The maximum absolute atomic E-state index is 12.0. The third kappa shape index (κ3) is 3.99. The van der Waals surface area contributed by atoms with Crippen molar-refractivity contribution in [1.82, 2.24) is 20.2 Å². The second kappa shape index (κ2) is 8.89. The van der Waals surface area contributed by atoms with Crippen molar-refractivity contribution in [2.24, 2.45) is 5.92 Å². The van der Waals surface area contributed by atoms with Gasteiger partial charge in [-0.15, -0.1) is 0 Å². The van der Waals surface area contributed by atoms with Gasteiger partial charge in [-0.2, -0.15) is 5.26 Å². The minimum Gasteiger partial charge on any atom is -0.355 e. The molecule has 0 radical (unpaired) electrons. The second-order valence-corrected chi connectivity index (χ2v) is 8.45. The molecule has 6 nitrogen and oxygen atoms in total. The highest BCUT2D eigenvalue weighted by Crippen LogP contribution is 2.37. The number of benzene rings is 2. The van der Waals surface area contributed by atoms with Crippen LogP contribution in [0.2, 0.25) is 0 Å². The van der Waals surface area contributed by atoms with Gasteiger partial charge >= 0.3 is 0 Å². The fraction of sp³-hybridized carbons (Fsp3) is 0.222. The van der Waals surface area contributed by atoms with Crippen LogP contribution in [0.15, 0.2) is 67.0 Å². The first-order chi connectivity index (χ1) is 16.2. The molecule has 2 aromatic carbocycles. The van der Waals surface area contributed by atoms with Crippen LogP contribution in [0.5, 0.6) is 0 Å². The van der Waals surface area contributed by atoms with Crippen molar-refractivity contribution < 1.29 is 4.79 Å². The van der Waals surface area contributed by atoms with E-state index >= 15 is 0 Å². The lowest BCUT2D eigenvalue weighted by Gasteiger charge is -2.14. The molecule has 1 aliphatic rings. The van der Waals surface area contributed by atoms with Crippen molar-refractivity contribution in [2.75, 3.05) is 20.1 Å². The van der Waals surface area contributed by atoms with Gasteiger partial charge in [0.1, 0.15) is 0 Å². The molecule has 0 aliphatic carbocycles. The molecule has 1 fully saturated rings.